The SMILES string of the molecule is CCC(C)Cn1c(SCC(=O)O)nc2ccsc2c1=O. The fourth-order valence-corrected chi connectivity index (χ4v) is 3.27. The summed E-state index contributed by atoms with van der Waals surface area (Å²) in [4.78, 5) is 27.6. The lowest BCUT2D eigenvalue weighted by atomic mass is 10.1. The van der Waals surface area contributed by atoms with Crippen molar-refractivity contribution < 1.29 is 9.90 Å². The van der Waals surface area contributed by atoms with E-state index in [0.717, 1.165) is 18.2 Å². The van der Waals surface area contributed by atoms with Crippen LogP contribution >= 0.6 is 23.1 Å². The van der Waals surface area contributed by atoms with E-state index in [-0.39, 0.29) is 11.3 Å². The molecule has 0 aliphatic rings. The van der Waals surface area contributed by atoms with Gasteiger partial charge >= 0.3 is 5.97 Å². The molecule has 0 saturated heterocycles. The second-order valence-electron chi connectivity index (χ2n) is 4.64. The quantitative estimate of drug-likeness (QED) is 0.656. The van der Waals surface area contributed by atoms with Crippen LogP contribution in [0.5, 0.6) is 0 Å². The van der Waals surface area contributed by atoms with Gasteiger partial charge in [0.1, 0.15) is 4.70 Å². The van der Waals surface area contributed by atoms with Crippen LogP contribution in [0.1, 0.15) is 20.3 Å². The minimum atomic E-state index is -0.912. The number of aliphatic carboxylic acids is 1. The van der Waals surface area contributed by atoms with Gasteiger partial charge in [-0.2, -0.15) is 0 Å². The van der Waals surface area contributed by atoms with E-state index in [2.05, 4.69) is 18.8 Å². The summed E-state index contributed by atoms with van der Waals surface area (Å²) in [5.74, 6) is -0.663. The van der Waals surface area contributed by atoms with Crippen LogP contribution in [0, 0.1) is 5.92 Å². The number of thioether (sulfide) groups is 1. The van der Waals surface area contributed by atoms with Crippen molar-refractivity contribution in [2.75, 3.05) is 5.75 Å². The lowest BCUT2D eigenvalue weighted by Crippen LogP contribution is -2.25. The first-order chi connectivity index (χ1) is 9.52. The Hall–Kier alpha value is -1.34. The molecule has 0 radical (unpaired) electrons. The van der Waals surface area contributed by atoms with Crippen molar-refractivity contribution >= 4 is 39.3 Å². The van der Waals surface area contributed by atoms with E-state index in [1.54, 1.807) is 10.6 Å². The number of carbonyl (C=O) groups is 1. The molecule has 0 saturated carbocycles. The van der Waals surface area contributed by atoms with Gasteiger partial charge < -0.3 is 5.11 Å². The summed E-state index contributed by atoms with van der Waals surface area (Å²) in [6.07, 6.45) is 0.956. The maximum absolute atomic E-state index is 12.5. The molecule has 7 heteroatoms. The van der Waals surface area contributed by atoms with Gasteiger partial charge in [0, 0.05) is 6.54 Å². The predicted octanol–water partition coefficient (Wildman–Crippen LogP) is 2.68. The molecule has 108 valence electrons. The van der Waals surface area contributed by atoms with Crippen molar-refractivity contribution in [1.29, 1.82) is 0 Å². The highest BCUT2D eigenvalue weighted by atomic mass is 32.2. The van der Waals surface area contributed by atoms with Crippen LogP contribution in [-0.4, -0.2) is 26.4 Å². The molecule has 0 amide bonds. The monoisotopic (exact) mass is 312 g/mol. The fraction of sp³-hybridized carbons (Fsp3) is 0.462. The topological polar surface area (TPSA) is 72.2 Å². The van der Waals surface area contributed by atoms with Crippen molar-refractivity contribution in [2.45, 2.75) is 32.0 Å². The minimum Gasteiger partial charge on any atom is -0.481 e. The van der Waals surface area contributed by atoms with Gasteiger partial charge in [-0.15, -0.1) is 11.3 Å². The molecule has 0 aliphatic heterocycles. The second-order valence-corrected chi connectivity index (χ2v) is 6.50. The molecule has 20 heavy (non-hydrogen) atoms. The molecule has 2 aromatic rings. The number of carboxylic acids is 1. The van der Waals surface area contributed by atoms with Crippen LogP contribution in [0.4, 0.5) is 0 Å². The van der Waals surface area contributed by atoms with Gasteiger partial charge in [-0.05, 0) is 17.4 Å². The Morgan fingerprint density at radius 2 is 2.35 bits per heavy atom. The standard InChI is InChI=1S/C13H16N2O3S2/c1-3-8(2)6-15-12(18)11-9(4-5-19-11)14-13(15)20-7-10(16)17/h4-5,8H,3,6-7H2,1-2H3,(H,16,17). The third-order valence-electron chi connectivity index (χ3n) is 3.05. The fourth-order valence-electron chi connectivity index (χ4n) is 1.76. The Morgan fingerprint density at radius 3 is 3.00 bits per heavy atom. The molecule has 0 fully saturated rings. The second kappa shape index (κ2) is 6.41. The summed E-state index contributed by atoms with van der Waals surface area (Å²) >= 11 is 2.47. The number of hydrogen-bond acceptors (Lipinski definition) is 5. The van der Waals surface area contributed by atoms with Crippen molar-refractivity contribution in [3.63, 3.8) is 0 Å². The van der Waals surface area contributed by atoms with Crippen LogP contribution in [0.2, 0.25) is 0 Å². The van der Waals surface area contributed by atoms with E-state index in [1.165, 1.54) is 11.3 Å². The van der Waals surface area contributed by atoms with Gasteiger partial charge in [0.2, 0.25) is 0 Å². The third kappa shape index (κ3) is 3.21. The van der Waals surface area contributed by atoms with Crippen LogP contribution in [0.15, 0.2) is 21.4 Å². The maximum Gasteiger partial charge on any atom is 0.313 e. The van der Waals surface area contributed by atoms with E-state index in [9.17, 15) is 9.59 Å². The molecule has 2 rings (SSSR count). The third-order valence-corrected chi connectivity index (χ3v) is 4.90. The van der Waals surface area contributed by atoms with Crippen molar-refractivity contribution in [1.82, 2.24) is 9.55 Å². The Balaban J connectivity index is 2.47. The summed E-state index contributed by atoms with van der Waals surface area (Å²) in [6, 6.07) is 1.79. The van der Waals surface area contributed by atoms with E-state index >= 15 is 0 Å². The molecule has 1 unspecified atom stereocenters. The first-order valence-electron chi connectivity index (χ1n) is 6.35. The van der Waals surface area contributed by atoms with Gasteiger partial charge in [-0.25, -0.2) is 4.98 Å². The average Bonchev–Trinajstić information content (AvgIpc) is 2.88. The number of thiophene rings is 1. The Labute approximate surface area is 124 Å². The summed E-state index contributed by atoms with van der Waals surface area (Å²) in [5, 5.41) is 11.1. The molecule has 0 bridgehead atoms. The maximum atomic E-state index is 12.5. The van der Waals surface area contributed by atoms with Gasteiger partial charge in [0.15, 0.2) is 5.16 Å². The largest absolute Gasteiger partial charge is 0.481 e. The van der Waals surface area contributed by atoms with Gasteiger partial charge in [-0.3, -0.25) is 14.2 Å². The highest BCUT2D eigenvalue weighted by Gasteiger charge is 2.15. The van der Waals surface area contributed by atoms with E-state index in [4.69, 9.17) is 5.11 Å². The van der Waals surface area contributed by atoms with Crippen molar-refractivity contribution in [3.8, 4) is 0 Å². The number of carboxylic acid groups (broad SMARTS) is 1. The van der Waals surface area contributed by atoms with E-state index in [1.807, 2.05) is 5.38 Å². The normalized spacial score (nSPS) is 12.7. The Bertz CT molecular complexity index is 678. The van der Waals surface area contributed by atoms with Gasteiger partial charge in [0.25, 0.3) is 5.56 Å². The first kappa shape index (κ1) is 15.1. The molecular formula is C13H16N2O3S2. The lowest BCUT2D eigenvalue weighted by Gasteiger charge is -2.14. The molecule has 1 atom stereocenters. The number of hydrogen-bond donors (Lipinski definition) is 1. The zero-order valence-electron chi connectivity index (χ0n) is 11.3. The molecule has 0 aliphatic carbocycles. The van der Waals surface area contributed by atoms with Gasteiger partial charge in [-0.1, -0.05) is 32.0 Å². The number of nitrogens with zero attached hydrogens (tertiary/aromatic N) is 2. The molecule has 5 nitrogen and oxygen atoms in total. The van der Waals surface area contributed by atoms with Gasteiger partial charge in [0.05, 0.1) is 11.3 Å². The summed E-state index contributed by atoms with van der Waals surface area (Å²) < 4.78 is 2.24. The molecule has 0 spiro atoms. The van der Waals surface area contributed by atoms with E-state index in [0.29, 0.717) is 27.8 Å². The van der Waals surface area contributed by atoms with Crippen LogP contribution < -0.4 is 5.56 Å². The zero-order valence-corrected chi connectivity index (χ0v) is 13.0. The average molecular weight is 312 g/mol. The predicted molar refractivity (Wildman–Crippen MR) is 81.7 cm³/mol. The van der Waals surface area contributed by atoms with Crippen molar-refractivity contribution in [2.24, 2.45) is 5.92 Å². The molecule has 0 aromatic carbocycles. The molecule has 1 N–H and O–H groups in total. The Kier molecular flexibility index (Phi) is 4.82. The molecule has 2 aromatic heterocycles. The summed E-state index contributed by atoms with van der Waals surface area (Å²) in [5.41, 5.74) is 0.575. The molecule has 2 heterocycles. The van der Waals surface area contributed by atoms with E-state index < -0.39 is 5.97 Å². The lowest BCUT2D eigenvalue weighted by molar-refractivity contribution is -0.133. The number of rotatable bonds is 6. The summed E-state index contributed by atoms with van der Waals surface area (Å²) in [6.45, 7) is 4.70. The van der Waals surface area contributed by atoms with Crippen LogP contribution in [-0.2, 0) is 11.3 Å². The number of fused-ring (bicyclic) bond motifs is 1. The van der Waals surface area contributed by atoms with Crippen LogP contribution in [0.3, 0.4) is 0 Å². The first-order valence-corrected chi connectivity index (χ1v) is 8.22. The number of aromatic nitrogens is 2. The highest BCUT2D eigenvalue weighted by molar-refractivity contribution is 7.99. The smallest absolute Gasteiger partial charge is 0.313 e. The summed E-state index contributed by atoms with van der Waals surface area (Å²) in [7, 11) is 0. The minimum absolute atomic E-state index is 0.0711. The molecular weight excluding hydrogens is 296 g/mol. The highest BCUT2D eigenvalue weighted by Crippen LogP contribution is 2.21. The van der Waals surface area contributed by atoms with Crippen molar-refractivity contribution in [3.05, 3.63) is 21.8 Å². The van der Waals surface area contributed by atoms with Crippen LogP contribution in [0.25, 0.3) is 10.2 Å². The Morgan fingerprint density at radius 1 is 1.60 bits per heavy atom. The zero-order chi connectivity index (χ0) is 14.7.